The molecule has 0 atom stereocenters. The number of nitrogens with zero attached hydrogens (tertiary/aromatic N) is 6. The topological polar surface area (TPSA) is 210 Å². The molecule has 3 fully saturated rings. The van der Waals surface area contributed by atoms with E-state index in [2.05, 4.69) is 63.7 Å². The van der Waals surface area contributed by atoms with Gasteiger partial charge in [-0.05, 0) is 136 Å². The molecule has 89 heavy (non-hydrogen) atoms. The van der Waals surface area contributed by atoms with E-state index in [9.17, 15) is 39.6 Å². The molecule has 0 unspecified atom stereocenters. The zero-order valence-corrected chi connectivity index (χ0v) is 59.3. The molecule has 0 saturated carbocycles. The number of amides is 3. The lowest BCUT2D eigenvalue weighted by Gasteiger charge is -2.39. The number of rotatable bonds is 10. The Balaban J connectivity index is 0.000000147. The summed E-state index contributed by atoms with van der Waals surface area (Å²) < 4.78 is 107. The molecule has 0 spiro atoms. The molecule has 0 radical (unpaired) electrons. The molecule has 31 heteroatoms. The summed E-state index contributed by atoms with van der Waals surface area (Å²) in [5.74, 6) is 0.305. The second-order valence-corrected chi connectivity index (χ2v) is 32.4. The molecular formula is C58H53Br4Cl5N6O13S3. The van der Waals surface area contributed by atoms with E-state index in [1.165, 1.54) is 38.2 Å². The van der Waals surface area contributed by atoms with Gasteiger partial charge in [0.1, 0.15) is 40.3 Å². The Morgan fingerprint density at radius 3 is 1.16 bits per heavy atom. The van der Waals surface area contributed by atoms with Gasteiger partial charge in [0.2, 0.25) is 30.1 Å². The van der Waals surface area contributed by atoms with E-state index in [4.69, 9.17) is 77.0 Å². The van der Waals surface area contributed by atoms with Crippen molar-refractivity contribution in [2.24, 2.45) is 0 Å². The van der Waals surface area contributed by atoms with Crippen molar-refractivity contribution in [2.75, 3.05) is 61.1 Å². The highest BCUT2D eigenvalue weighted by Gasteiger charge is 2.42. The van der Waals surface area contributed by atoms with Crippen LogP contribution in [0.5, 0.6) is 5.75 Å². The summed E-state index contributed by atoms with van der Waals surface area (Å²) >= 11 is 43.8. The highest BCUT2D eigenvalue weighted by Crippen LogP contribution is 2.41. The van der Waals surface area contributed by atoms with Gasteiger partial charge in [0.15, 0.2) is 0 Å². The normalized spacial score (nSPS) is 18.3. The van der Waals surface area contributed by atoms with Crippen LogP contribution in [0.15, 0.2) is 136 Å². The lowest BCUT2D eigenvalue weighted by Crippen LogP contribution is -2.50. The predicted molar refractivity (Wildman–Crippen MR) is 354 cm³/mol. The van der Waals surface area contributed by atoms with Gasteiger partial charge in [0, 0.05) is 92.0 Å². The number of piperidine rings is 3. The molecule has 0 aromatic heterocycles. The van der Waals surface area contributed by atoms with E-state index in [0.29, 0.717) is 61.8 Å². The summed E-state index contributed by atoms with van der Waals surface area (Å²) in [6.07, 6.45) is 1.72. The Morgan fingerprint density at radius 2 is 0.764 bits per heavy atom. The quantitative estimate of drug-likeness (QED) is 0.0924. The van der Waals surface area contributed by atoms with Crippen molar-refractivity contribution in [3.05, 3.63) is 163 Å². The van der Waals surface area contributed by atoms with Gasteiger partial charge in [-0.3, -0.25) is 14.7 Å². The third-order valence-electron chi connectivity index (χ3n) is 15.8. The number of cyclic esters (lactones) is 3. The fourth-order valence-electron chi connectivity index (χ4n) is 11.4. The average Bonchev–Trinajstić information content (AvgIpc) is 0.938. The summed E-state index contributed by atoms with van der Waals surface area (Å²) in [4.78, 5) is 42.4. The molecule has 6 aromatic carbocycles. The third-order valence-corrected chi connectivity index (χ3v) is 25.6. The number of sulfonamides is 3. The number of methoxy groups -OCH3 is 1. The summed E-state index contributed by atoms with van der Waals surface area (Å²) in [6.45, 7) is 2.30. The molecule has 12 rings (SSSR count). The van der Waals surface area contributed by atoms with Gasteiger partial charge >= 0.3 is 18.3 Å². The van der Waals surface area contributed by atoms with Gasteiger partial charge in [-0.2, -0.15) is 12.9 Å². The first-order valence-electron chi connectivity index (χ1n) is 27.4. The van der Waals surface area contributed by atoms with Crippen molar-refractivity contribution in [1.82, 2.24) is 12.9 Å². The minimum absolute atomic E-state index is 0.00213. The van der Waals surface area contributed by atoms with Gasteiger partial charge in [-0.15, -0.1) is 0 Å². The first-order chi connectivity index (χ1) is 42.3. The molecule has 474 valence electrons. The molecule has 6 heterocycles. The molecule has 6 aliphatic rings. The predicted octanol–water partition coefficient (Wildman–Crippen LogP) is 15.3. The number of benzene rings is 6. The lowest BCUT2D eigenvalue weighted by molar-refractivity contribution is 0.135. The maximum absolute atomic E-state index is 13.2. The van der Waals surface area contributed by atoms with Crippen molar-refractivity contribution in [2.45, 2.75) is 91.2 Å². The number of hydrogen-bond donors (Lipinski definition) is 0. The summed E-state index contributed by atoms with van der Waals surface area (Å²) in [5.41, 5.74) is 5.18. The molecule has 19 nitrogen and oxygen atoms in total. The Morgan fingerprint density at radius 1 is 0.416 bits per heavy atom. The fraction of sp³-hybridized carbons (Fsp3) is 0.328. The van der Waals surface area contributed by atoms with Crippen LogP contribution in [-0.4, -0.2) is 121 Å². The number of carbonyl (C=O) groups excluding carboxylic acids is 3. The molecule has 6 aliphatic heterocycles. The van der Waals surface area contributed by atoms with E-state index in [0.717, 1.165) is 47.2 Å². The summed E-state index contributed by atoms with van der Waals surface area (Å²) in [7, 11) is -9.89. The van der Waals surface area contributed by atoms with Crippen molar-refractivity contribution in [1.29, 1.82) is 0 Å². The molecule has 3 saturated heterocycles. The standard InChI is InChI=1S/C20H20Br2N2O5S.C19H16BrCl3N2O4S.C19H17BrCl2N2O4S/c1-28-18-5-3-15(22)11-19(18)30(26,27)23-8-6-16(7-9-23)24-17-4-2-14(21)10-13(17)12-29-20(24)25;20-12-1-2-17-11(7-12)10-29-19(26)25(17)13-3-5-24(6-4-13)30(27,28)18-9-15(22)14(21)8-16(18)23;20-13-4-5-16-12(10-13)11-28-19(25)24(16)14-6-8-23(9-7-14)29(26,27)17-3-1-2-15(21)18(17)22/h2-5,10-11,16H,6-9,12H2,1H3;1-2,7-9,13H,3-6,10H2;1-5,10,14H,6-9,11H2. The minimum atomic E-state index is -3.85. The van der Waals surface area contributed by atoms with Crippen LogP contribution in [-0.2, 0) is 64.1 Å². The number of ether oxygens (including phenoxy) is 4. The Hall–Kier alpha value is -3.97. The monoisotopic (exact) mass is 1630 g/mol. The Kier molecular flexibility index (Phi) is 21.6. The van der Waals surface area contributed by atoms with Crippen LogP contribution in [0.1, 0.15) is 55.2 Å². The highest BCUT2D eigenvalue weighted by atomic mass is 79.9. The maximum atomic E-state index is 13.2. The number of anilines is 3. The molecule has 3 amide bonds. The van der Waals surface area contributed by atoms with Crippen molar-refractivity contribution >= 4 is 187 Å². The van der Waals surface area contributed by atoms with Crippen LogP contribution in [0.3, 0.4) is 0 Å². The Labute approximate surface area is 573 Å². The third kappa shape index (κ3) is 14.6. The van der Waals surface area contributed by atoms with Gasteiger partial charge in [0.25, 0.3) is 0 Å². The number of halogens is 9. The van der Waals surface area contributed by atoms with Crippen LogP contribution in [0.2, 0.25) is 25.1 Å². The van der Waals surface area contributed by atoms with Crippen LogP contribution < -0.4 is 19.4 Å². The largest absolute Gasteiger partial charge is 0.495 e. The highest BCUT2D eigenvalue weighted by molar-refractivity contribution is 9.11. The maximum Gasteiger partial charge on any atom is 0.414 e. The summed E-state index contributed by atoms with van der Waals surface area (Å²) in [6, 6.07) is 28.7. The average molecular weight is 1640 g/mol. The van der Waals surface area contributed by atoms with E-state index in [-0.39, 0.29) is 110 Å². The second-order valence-electron chi connectivity index (χ2n) is 21.0. The summed E-state index contributed by atoms with van der Waals surface area (Å²) in [5, 5.41) is 0.545. The number of fused-ring (bicyclic) bond motifs is 3. The molecule has 0 bridgehead atoms. The van der Waals surface area contributed by atoms with Crippen molar-refractivity contribution in [3.63, 3.8) is 0 Å². The van der Waals surface area contributed by atoms with Gasteiger partial charge in [0.05, 0.1) is 49.3 Å². The lowest BCUT2D eigenvalue weighted by atomic mass is 10.0. The van der Waals surface area contributed by atoms with Crippen molar-refractivity contribution < 1.29 is 58.6 Å². The smallest absolute Gasteiger partial charge is 0.414 e. The first kappa shape index (κ1) is 67.9. The SMILES string of the molecule is COc1ccc(Br)cc1S(=O)(=O)N1CCC(N2C(=O)OCc3cc(Br)ccc32)CC1.O=C1OCc2cc(Br)ccc2N1C1CCN(S(=O)(=O)c2cc(Cl)c(Cl)cc2Cl)CC1.O=C1OCc2cc(Br)ccc2N1C1CCN(S(=O)(=O)c2cccc(Cl)c2Cl)CC1. The van der Waals surface area contributed by atoms with Crippen molar-refractivity contribution in [3.8, 4) is 5.75 Å². The van der Waals surface area contributed by atoms with Gasteiger partial charge in [-0.25, -0.2) is 39.6 Å². The van der Waals surface area contributed by atoms with E-state index >= 15 is 0 Å². The number of hydrogen-bond acceptors (Lipinski definition) is 13. The van der Waals surface area contributed by atoms with Crippen LogP contribution in [0.25, 0.3) is 0 Å². The fourth-order valence-corrected chi connectivity index (χ4v) is 19.4. The van der Waals surface area contributed by atoms with Crippen LogP contribution >= 0.6 is 122 Å². The first-order valence-corrected chi connectivity index (χ1v) is 36.8. The van der Waals surface area contributed by atoms with Gasteiger partial charge < -0.3 is 18.9 Å². The molecule has 0 aliphatic carbocycles. The Bertz CT molecular complexity index is 4110. The van der Waals surface area contributed by atoms with E-state index in [1.807, 2.05) is 54.6 Å². The van der Waals surface area contributed by atoms with Crippen LogP contribution in [0.4, 0.5) is 31.4 Å². The zero-order valence-electron chi connectivity index (χ0n) is 46.8. The second kappa shape index (κ2) is 28.3. The van der Waals surface area contributed by atoms with E-state index in [1.54, 1.807) is 45.0 Å². The molecular weight excluding hydrogens is 1580 g/mol. The minimum Gasteiger partial charge on any atom is -0.495 e. The zero-order chi connectivity index (χ0) is 63.9. The van der Waals surface area contributed by atoms with E-state index < -0.39 is 42.3 Å². The molecule has 6 aromatic rings. The number of carbonyl (C=O) groups is 3. The van der Waals surface area contributed by atoms with Gasteiger partial charge in [-0.1, -0.05) is 128 Å². The van der Waals surface area contributed by atoms with Crippen LogP contribution in [0, 0.1) is 0 Å². The molecule has 0 N–H and O–H groups in total.